The molecule has 0 aliphatic carbocycles. The van der Waals surface area contributed by atoms with E-state index in [1.54, 1.807) is 37.2 Å². The van der Waals surface area contributed by atoms with E-state index in [0.717, 1.165) is 0 Å². The lowest BCUT2D eigenvalue weighted by Crippen LogP contribution is -2.37. The minimum absolute atomic E-state index is 0.138. The Labute approximate surface area is 110 Å². The summed E-state index contributed by atoms with van der Waals surface area (Å²) in [5, 5.41) is 8.86. The second-order valence-electron chi connectivity index (χ2n) is 4.51. The average Bonchev–Trinajstić information content (AvgIpc) is 2.81. The summed E-state index contributed by atoms with van der Waals surface area (Å²) in [6, 6.07) is 4.16. The summed E-state index contributed by atoms with van der Waals surface area (Å²) >= 11 is 0. The van der Waals surface area contributed by atoms with Crippen molar-refractivity contribution in [2.75, 3.05) is 20.9 Å². The number of hydrogen-bond acceptors (Lipinski definition) is 5. The van der Waals surface area contributed by atoms with Crippen LogP contribution in [0.15, 0.2) is 18.2 Å². The number of carboxylic acids is 1. The van der Waals surface area contributed by atoms with Gasteiger partial charge >= 0.3 is 5.97 Å². The summed E-state index contributed by atoms with van der Waals surface area (Å²) in [7, 11) is 3.36. The van der Waals surface area contributed by atoms with Crippen molar-refractivity contribution in [2.24, 2.45) is 0 Å². The van der Waals surface area contributed by atoms with Gasteiger partial charge in [-0.1, -0.05) is 0 Å². The zero-order valence-corrected chi connectivity index (χ0v) is 10.8. The van der Waals surface area contributed by atoms with Crippen LogP contribution in [0.25, 0.3) is 0 Å². The molecule has 0 saturated heterocycles. The van der Waals surface area contributed by atoms with E-state index in [-0.39, 0.29) is 19.0 Å². The van der Waals surface area contributed by atoms with Crippen molar-refractivity contribution < 1.29 is 24.2 Å². The first-order chi connectivity index (χ1) is 8.99. The van der Waals surface area contributed by atoms with Crippen LogP contribution in [0.2, 0.25) is 0 Å². The molecule has 2 rings (SSSR count). The highest BCUT2D eigenvalue weighted by Gasteiger charge is 2.26. The van der Waals surface area contributed by atoms with Gasteiger partial charge in [0.05, 0.1) is 12.5 Å². The van der Waals surface area contributed by atoms with Crippen LogP contribution in [0.3, 0.4) is 0 Å². The number of Topliss-reactive ketones (excluding diaryl/α,β-unsaturated/α-hetero) is 1. The molecule has 1 aliphatic rings. The van der Waals surface area contributed by atoms with Crippen molar-refractivity contribution in [2.45, 2.75) is 12.5 Å². The Morgan fingerprint density at radius 3 is 2.63 bits per heavy atom. The molecule has 19 heavy (non-hydrogen) atoms. The van der Waals surface area contributed by atoms with Gasteiger partial charge in [0, 0.05) is 5.56 Å². The molecule has 6 heteroatoms. The summed E-state index contributed by atoms with van der Waals surface area (Å²) in [4.78, 5) is 24.7. The number of carbonyl (C=O) groups excluding carboxylic acids is 1. The van der Waals surface area contributed by atoms with E-state index in [9.17, 15) is 9.59 Å². The summed E-state index contributed by atoms with van der Waals surface area (Å²) in [5.74, 6) is -0.145. The van der Waals surface area contributed by atoms with Crippen molar-refractivity contribution >= 4 is 11.8 Å². The molecule has 0 bridgehead atoms. The first-order valence-corrected chi connectivity index (χ1v) is 5.81. The Morgan fingerprint density at radius 2 is 2.00 bits per heavy atom. The summed E-state index contributed by atoms with van der Waals surface area (Å²) in [6.07, 6.45) is -0.236. The van der Waals surface area contributed by atoms with Crippen molar-refractivity contribution in [3.8, 4) is 11.5 Å². The van der Waals surface area contributed by atoms with Gasteiger partial charge in [-0.25, -0.2) is 0 Å². The Balaban J connectivity index is 2.24. The number of likely N-dealkylation sites (N-methyl/N-ethyl adjacent to an activating group) is 1. The number of ether oxygens (including phenoxy) is 2. The fourth-order valence-corrected chi connectivity index (χ4v) is 1.92. The summed E-state index contributed by atoms with van der Waals surface area (Å²) < 4.78 is 10.4. The number of carbonyl (C=O) groups is 2. The number of ketones is 1. The first-order valence-electron chi connectivity index (χ1n) is 5.81. The maximum Gasteiger partial charge on any atom is 0.305 e. The average molecular weight is 265 g/mol. The third kappa shape index (κ3) is 2.85. The van der Waals surface area contributed by atoms with Crippen LogP contribution in [-0.2, 0) is 4.79 Å². The predicted molar refractivity (Wildman–Crippen MR) is 66.6 cm³/mol. The Kier molecular flexibility index (Phi) is 3.71. The van der Waals surface area contributed by atoms with Gasteiger partial charge in [-0.15, -0.1) is 0 Å². The van der Waals surface area contributed by atoms with Gasteiger partial charge in [0.2, 0.25) is 6.79 Å². The van der Waals surface area contributed by atoms with Crippen LogP contribution in [-0.4, -0.2) is 48.7 Å². The molecule has 1 N–H and O–H groups in total. The highest BCUT2D eigenvalue weighted by molar-refractivity contribution is 6.02. The van der Waals surface area contributed by atoms with Crippen LogP contribution in [0, 0.1) is 0 Å². The lowest BCUT2D eigenvalue weighted by molar-refractivity contribution is -0.137. The van der Waals surface area contributed by atoms with Crippen LogP contribution in [0.1, 0.15) is 16.8 Å². The molecule has 0 spiro atoms. The largest absolute Gasteiger partial charge is 0.481 e. The van der Waals surface area contributed by atoms with Crippen LogP contribution in [0.4, 0.5) is 0 Å². The topological polar surface area (TPSA) is 76.1 Å². The fraction of sp³-hybridized carbons (Fsp3) is 0.385. The molecule has 0 fully saturated rings. The highest BCUT2D eigenvalue weighted by atomic mass is 16.7. The van der Waals surface area contributed by atoms with Crippen molar-refractivity contribution in [3.05, 3.63) is 23.8 Å². The van der Waals surface area contributed by atoms with Gasteiger partial charge in [0.25, 0.3) is 0 Å². The van der Waals surface area contributed by atoms with E-state index in [1.165, 1.54) is 0 Å². The molecule has 1 aromatic rings. The number of rotatable bonds is 5. The van der Waals surface area contributed by atoms with Gasteiger partial charge in [0.15, 0.2) is 17.3 Å². The number of nitrogens with zero attached hydrogens (tertiary/aromatic N) is 1. The molecule has 1 unspecified atom stereocenters. The SMILES string of the molecule is CN(C)C(CC(=O)O)C(=O)c1ccc2c(c1)OCO2. The minimum atomic E-state index is -1.01. The fourth-order valence-electron chi connectivity index (χ4n) is 1.92. The van der Waals surface area contributed by atoms with Gasteiger partial charge in [-0.05, 0) is 32.3 Å². The van der Waals surface area contributed by atoms with Crippen molar-refractivity contribution in [1.29, 1.82) is 0 Å². The third-order valence-corrected chi connectivity index (χ3v) is 2.95. The molecular weight excluding hydrogens is 250 g/mol. The van der Waals surface area contributed by atoms with Crippen molar-refractivity contribution in [3.63, 3.8) is 0 Å². The van der Waals surface area contributed by atoms with Gasteiger partial charge in [-0.3, -0.25) is 14.5 Å². The van der Waals surface area contributed by atoms with Gasteiger partial charge < -0.3 is 14.6 Å². The highest BCUT2D eigenvalue weighted by Crippen LogP contribution is 2.33. The molecule has 1 aliphatic heterocycles. The van der Waals surface area contributed by atoms with E-state index in [1.807, 2.05) is 0 Å². The molecule has 6 nitrogen and oxygen atoms in total. The number of benzene rings is 1. The molecule has 0 saturated carbocycles. The van der Waals surface area contributed by atoms with E-state index in [4.69, 9.17) is 14.6 Å². The van der Waals surface area contributed by atoms with Gasteiger partial charge in [0.1, 0.15) is 0 Å². The minimum Gasteiger partial charge on any atom is -0.481 e. The van der Waals surface area contributed by atoms with Crippen LogP contribution >= 0.6 is 0 Å². The monoisotopic (exact) mass is 265 g/mol. The second kappa shape index (κ2) is 5.27. The Hall–Kier alpha value is -2.08. The number of aliphatic carboxylic acids is 1. The summed E-state index contributed by atoms with van der Waals surface area (Å²) in [6.45, 7) is 0.138. The molecule has 1 atom stereocenters. The van der Waals surface area contributed by atoms with E-state index >= 15 is 0 Å². The van der Waals surface area contributed by atoms with E-state index in [0.29, 0.717) is 17.1 Å². The third-order valence-electron chi connectivity index (χ3n) is 2.95. The van der Waals surface area contributed by atoms with Crippen LogP contribution < -0.4 is 9.47 Å². The number of carboxylic acid groups (broad SMARTS) is 1. The Bertz CT molecular complexity index is 512. The lowest BCUT2D eigenvalue weighted by atomic mass is 10.0. The maximum atomic E-state index is 12.3. The zero-order chi connectivity index (χ0) is 14.0. The second-order valence-corrected chi connectivity index (χ2v) is 4.51. The standard InChI is InChI=1S/C13H15NO5/c1-14(2)9(6-12(15)16)13(17)8-3-4-10-11(5-8)19-7-18-10/h3-5,9H,6-7H2,1-2H3,(H,15,16). The number of fused-ring (bicyclic) bond motifs is 1. The molecule has 0 amide bonds. The number of hydrogen-bond donors (Lipinski definition) is 1. The molecule has 1 aromatic carbocycles. The van der Waals surface area contributed by atoms with Crippen LogP contribution in [0.5, 0.6) is 11.5 Å². The first kappa shape index (κ1) is 13.4. The zero-order valence-electron chi connectivity index (χ0n) is 10.8. The predicted octanol–water partition coefficient (Wildman–Crippen LogP) is 1.00. The lowest BCUT2D eigenvalue weighted by Gasteiger charge is -2.21. The molecule has 102 valence electrons. The van der Waals surface area contributed by atoms with E-state index < -0.39 is 12.0 Å². The summed E-state index contributed by atoms with van der Waals surface area (Å²) in [5.41, 5.74) is 0.421. The smallest absolute Gasteiger partial charge is 0.305 e. The van der Waals surface area contributed by atoms with Crippen molar-refractivity contribution in [1.82, 2.24) is 4.90 Å². The molecular formula is C13H15NO5. The molecule has 0 aromatic heterocycles. The van der Waals surface area contributed by atoms with Gasteiger partial charge in [-0.2, -0.15) is 0 Å². The molecule has 1 heterocycles. The maximum absolute atomic E-state index is 12.3. The normalized spacial score (nSPS) is 14.5. The Morgan fingerprint density at radius 1 is 1.32 bits per heavy atom. The van der Waals surface area contributed by atoms with E-state index in [2.05, 4.69) is 0 Å². The quantitative estimate of drug-likeness (QED) is 0.800. The molecule has 0 radical (unpaired) electrons.